The van der Waals surface area contributed by atoms with E-state index < -0.39 is 0 Å². The molecule has 0 radical (unpaired) electrons. The molecule has 1 aliphatic carbocycles. The van der Waals surface area contributed by atoms with Crippen LogP contribution in [-0.2, 0) is 0 Å². The van der Waals surface area contributed by atoms with Gasteiger partial charge in [0.15, 0.2) is 0 Å². The van der Waals surface area contributed by atoms with Crippen LogP contribution in [-0.4, -0.2) is 24.3 Å². The summed E-state index contributed by atoms with van der Waals surface area (Å²) in [6.07, 6.45) is 3.08. The van der Waals surface area contributed by atoms with E-state index in [1.165, 1.54) is 12.0 Å². The summed E-state index contributed by atoms with van der Waals surface area (Å²) in [6, 6.07) is 10.8. The van der Waals surface area contributed by atoms with Gasteiger partial charge in [-0.1, -0.05) is 44.2 Å². The summed E-state index contributed by atoms with van der Waals surface area (Å²) in [4.78, 5) is 0. The van der Waals surface area contributed by atoms with Gasteiger partial charge in [0.2, 0.25) is 0 Å². The number of aliphatic hydroxyl groups excluding tert-OH is 1. The Balaban J connectivity index is 1.81. The van der Waals surface area contributed by atoms with Crippen molar-refractivity contribution in [2.45, 2.75) is 45.1 Å². The number of nitrogens with one attached hydrogen (secondary N) is 1. The van der Waals surface area contributed by atoms with Crippen molar-refractivity contribution in [1.82, 2.24) is 5.32 Å². The molecule has 1 aromatic rings. The first kappa shape index (κ1) is 14.5. The van der Waals surface area contributed by atoms with Gasteiger partial charge in [-0.25, -0.2) is 0 Å². The van der Waals surface area contributed by atoms with Gasteiger partial charge in [0.1, 0.15) is 0 Å². The molecule has 0 saturated heterocycles. The molecule has 1 saturated carbocycles. The molecule has 1 fully saturated rings. The number of benzene rings is 1. The summed E-state index contributed by atoms with van der Waals surface area (Å²) < 4.78 is 0. The number of hydrogen-bond donors (Lipinski definition) is 2. The van der Waals surface area contributed by atoms with Crippen molar-refractivity contribution in [2.24, 2.45) is 11.8 Å². The van der Waals surface area contributed by atoms with Gasteiger partial charge in [-0.3, -0.25) is 0 Å². The molecule has 106 valence electrons. The predicted molar refractivity (Wildman–Crippen MR) is 80.2 cm³/mol. The first-order valence-corrected chi connectivity index (χ1v) is 7.60. The minimum atomic E-state index is -0.0539. The number of aliphatic hydroxyl groups is 1. The summed E-state index contributed by atoms with van der Waals surface area (Å²) in [5.74, 6) is 1.88. The highest BCUT2D eigenvalue weighted by Gasteiger charge is 2.23. The van der Waals surface area contributed by atoms with Gasteiger partial charge in [-0.05, 0) is 49.1 Å². The molecule has 2 rings (SSSR count). The lowest BCUT2D eigenvalue weighted by Gasteiger charge is -2.23. The van der Waals surface area contributed by atoms with Crippen LogP contribution in [0.4, 0.5) is 0 Å². The Kier molecular flexibility index (Phi) is 5.41. The Morgan fingerprint density at radius 1 is 1.21 bits per heavy atom. The second-order valence-electron chi connectivity index (χ2n) is 6.25. The largest absolute Gasteiger partial charge is 0.393 e. The van der Waals surface area contributed by atoms with E-state index in [0.717, 1.165) is 25.9 Å². The molecule has 2 heteroatoms. The van der Waals surface area contributed by atoms with E-state index in [1.807, 2.05) is 0 Å². The average Bonchev–Trinajstić information content (AvgIpc) is 2.81. The maximum atomic E-state index is 9.55. The second-order valence-corrected chi connectivity index (χ2v) is 6.25. The molecule has 3 atom stereocenters. The second kappa shape index (κ2) is 7.06. The smallest absolute Gasteiger partial charge is 0.0543 e. The van der Waals surface area contributed by atoms with Crippen LogP contribution in [0, 0.1) is 11.8 Å². The highest BCUT2D eigenvalue weighted by Crippen LogP contribution is 2.26. The van der Waals surface area contributed by atoms with Crippen molar-refractivity contribution in [3.05, 3.63) is 35.9 Å². The lowest BCUT2D eigenvalue weighted by atomic mass is 9.88. The molecular formula is C17H27NO. The Morgan fingerprint density at radius 2 is 1.95 bits per heavy atom. The lowest BCUT2D eigenvalue weighted by Crippen LogP contribution is -2.28. The molecule has 0 aliphatic heterocycles. The third kappa shape index (κ3) is 4.32. The predicted octanol–water partition coefficient (Wildman–Crippen LogP) is 3.18. The van der Waals surface area contributed by atoms with Crippen LogP contribution in [0.25, 0.3) is 0 Å². The first-order valence-electron chi connectivity index (χ1n) is 7.60. The topological polar surface area (TPSA) is 32.3 Å². The zero-order chi connectivity index (χ0) is 13.7. The minimum Gasteiger partial charge on any atom is -0.393 e. The SMILES string of the molecule is CC(C)C(CNCC1CCC(O)C1)c1ccccc1. The van der Waals surface area contributed by atoms with Gasteiger partial charge in [0, 0.05) is 6.54 Å². The first-order chi connectivity index (χ1) is 9.16. The fourth-order valence-corrected chi connectivity index (χ4v) is 3.12. The van der Waals surface area contributed by atoms with Crippen LogP contribution in [0.2, 0.25) is 0 Å². The van der Waals surface area contributed by atoms with E-state index in [1.54, 1.807) is 0 Å². The van der Waals surface area contributed by atoms with Crippen LogP contribution in [0.1, 0.15) is 44.6 Å². The van der Waals surface area contributed by atoms with Crippen LogP contribution in [0.15, 0.2) is 30.3 Å². The van der Waals surface area contributed by atoms with Crippen molar-refractivity contribution in [3.63, 3.8) is 0 Å². The van der Waals surface area contributed by atoms with Crippen molar-refractivity contribution in [3.8, 4) is 0 Å². The molecule has 0 heterocycles. The zero-order valence-corrected chi connectivity index (χ0v) is 12.2. The zero-order valence-electron chi connectivity index (χ0n) is 12.2. The van der Waals surface area contributed by atoms with E-state index in [0.29, 0.717) is 17.8 Å². The molecular weight excluding hydrogens is 234 g/mol. The van der Waals surface area contributed by atoms with Gasteiger partial charge in [-0.15, -0.1) is 0 Å². The van der Waals surface area contributed by atoms with Crippen LogP contribution < -0.4 is 5.32 Å². The summed E-state index contributed by atoms with van der Waals surface area (Å²) in [5, 5.41) is 13.2. The van der Waals surface area contributed by atoms with E-state index >= 15 is 0 Å². The highest BCUT2D eigenvalue weighted by atomic mass is 16.3. The van der Waals surface area contributed by atoms with E-state index in [-0.39, 0.29) is 6.10 Å². The third-order valence-corrected chi connectivity index (χ3v) is 4.34. The Hall–Kier alpha value is -0.860. The van der Waals surface area contributed by atoms with E-state index in [2.05, 4.69) is 49.5 Å². The van der Waals surface area contributed by atoms with Crippen LogP contribution >= 0.6 is 0 Å². The summed E-state index contributed by atoms with van der Waals surface area (Å²) >= 11 is 0. The molecule has 0 amide bonds. The normalized spacial score (nSPS) is 24.8. The summed E-state index contributed by atoms with van der Waals surface area (Å²) in [5.41, 5.74) is 1.43. The van der Waals surface area contributed by atoms with Crippen molar-refractivity contribution in [2.75, 3.05) is 13.1 Å². The monoisotopic (exact) mass is 261 g/mol. The molecule has 0 aromatic heterocycles. The Labute approximate surface area is 117 Å². The maximum absolute atomic E-state index is 9.55. The molecule has 1 aromatic carbocycles. The molecule has 0 bridgehead atoms. The van der Waals surface area contributed by atoms with Gasteiger partial charge >= 0.3 is 0 Å². The summed E-state index contributed by atoms with van der Waals surface area (Å²) in [6.45, 7) is 6.67. The van der Waals surface area contributed by atoms with Gasteiger partial charge in [0.05, 0.1) is 6.10 Å². The quantitative estimate of drug-likeness (QED) is 0.824. The van der Waals surface area contributed by atoms with Crippen molar-refractivity contribution < 1.29 is 5.11 Å². The standard InChI is InChI=1S/C17H27NO/c1-13(2)17(15-6-4-3-5-7-15)12-18-11-14-8-9-16(19)10-14/h3-7,13-14,16-19H,8-12H2,1-2H3. The van der Waals surface area contributed by atoms with E-state index in [9.17, 15) is 5.11 Å². The van der Waals surface area contributed by atoms with Gasteiger partial charge in [-0.2, -0.15) is 0 Å². The number of rotatable bonds is 6. The number of hydrogen-bond acceptors (Lipinski definition) is 2. The molecule has 2 nitrogen and oxygen atoms in total. The maximum Gasteiger partial charge on any atom is 0.0543 e. The van der Waals surface area contributed by atoms with Gasteiger partial charge in [0.25, 0.3) is 0 Å². The average molecular weight is 261 g/mol. The molecule has 0 spiro atoms. The molecule has 2 N–H and O–H groups in total. The fourth-order valence-electron chi connectivity index (χ4n) is 3.12. The Bertz CT molecular complexity index is 363. The molecule has 1 aliphatic rings. The summed E-state index contributed by atoms with van der Waals surface area (Å²) in [7, 11) is 0. The molecule has 19 heavy (non-hydrogen) atoms. The fraction of sp³-hybridized carbons (Fsp3) is 0.647. The van der Waals surface area contributed by atoms with E-state index in [4.69, 9.17) is 0 Å². The highest BCUT2D eigenvalue weighted by molar-refractivity contribution is 5.20. The van der Waals surface area contributed by atoms with Crippen LogP contribution in [0.5, 0.6) is 0 Å². The van der Waals surface area contributed by atoms with Gasteiger partial charge < -0.3 is 10.4 Å². The minimum absolute atomic E-state index is 0.0539. The molecule has 3 unspecified atom stereocenters. The van der Waals surface area contributed by atoms with Crippen LogP contribution in [0.3, 0.4) is 0 Å². The third-order valence-electron chi connectivity index (χ3n) is 4.34. The lowest BCUT2D eigenvalue weighted by molar-refractivity contribution is 0.177. The van der Waals surface area contributed by atoms with Crippen molar-refractivity contribution >= 4 is 0 Å². The Morgan fingerprint density at radius 3 is 2.53 bits per heavy atom. The van der Waals surface area contributed by atoms with Crippen molar-refractivity contribution in [1.29, 1.82) is 0 Å².